The number of anilines is 1. The van der Waals surface area contributed by atoms with E-state index >= 15 is 0 Å². The summed E-state index contributed by atoms with van der Waals surface area (Å²) in [6.07, 6.45) is 5.32. The summed E-state index contributed by atoms with van der Waals surface area (Å²) in [5, 5.41) is 7.81. The topological polar surface area (TPSA) is 72.7 Å². The molecule has 0 unspecified atom stereocenters. The van der Waals surface area contributed by atoms with Crippen molar-refractivity contribution < 1.29 is 4.79 Å². The second-order valence-corrected chi connectivity index (χ2v) is 6.65. The molecule has 0 radical (unpaired) electrons. The van der Waals surface area contributed by atoms with Crippen LogP contribution in [0.4, 0.5) is 5.13 Å². The van der Waals surface area contributed by atoms with Crippen LogP contribution in [0.25, 0.3) is 11.3 Å². The van der Waals surface area contributed by atoms with Crippen LogP contribution < -0.4 is 5.32 Å². The van der Waals surface area contributed by atoms with Gasteiger partial charge in [0.1, 0.15) is 0 Å². The highest BCUT2D eigenvalue weighted by Gasteiger charge is 2.24. The molecule has 6 nitrogen and oxygen atoms in total. The number of thiazole rings is 1. The van der Waals surface area contributed by atoms with Gasteiger partial charge in [0.2, 0.25) is 0 Å². The summed E-state index contributed by atoms with van der Waals surface area (Å²) in [5.74, 6) is -0.185. The number of amides is 1. The molecule has 0 saturated heterocycles. The summed E-state index contributed by atoms with van der Waals surface area (Å²) in [6.45, 7) is 1.89. The molecule has 0 spiro atoms. The average molecular weight is 325 g/mol. The van der Waals surface area contributed by atoms with Gasteiger partial charge in [0, 0.05) is 35.1 Å². The highest BCUT2D eigenvalue weighted by atomic mass is 32.1. The first-order valence-corrected chi connectivity index (χ1v) is 8.18. The molecule has 0 saturated carbocycles. The molecule has 116 valence electrons. The Morgan fingerprint density at radius 2 is 2.17 bits per heavy atom. The number of fused-ring (bicyclic) bond motifs is 3. The van der Waals surface area contributed by atoms with Crippen LogP contribution in [-0.2, 0) is 19.9 Å². The molecular formula is C16H15N5OS. The van der Waals surface area contributed by atoms with Gasteiger partial charge in [-0.3, -0.25) is 19.8 Å². The van der Waals surface area contributed by atoms with Gasteiger partial charge in [0.25, 0.3) is 5.91 Å². The van der Waals surface area contributed by atoms with E-state index in [1.54, 1.807) is 12.3 Å². The van der Waals surface area contributed by atoms with Gasteiger partial charge in [-0.25, -0.2) is 4.98 Å². The first kappa shape index (κ1) is 14.1. The molecule has 7 heteroatoms. The van der Waals surface area contributed by atoms with E-state index in [1.165, 1.54) is 21.9 Å². The number of carbonyl (C=O) groups is 1. The number of hydrogen-bond acceptors (Lipinski definition) is 5. The molecule has 4 rings (SSSR count). The molecular weight excluding hydrogens is 310 g/mol. The highest BCUT2D eigenvalue weighted by Crippen LogP contribution is 2.37. The lowest BCUT2D eigenvalue weighted by Gasteiger charge is -2.10. The summed E-state index contributed by atoms with van der Waals surface area (Å²) in [4.78, 5) is 22.2. The van der Waals surface area contributed by atoms with Crippen molar-refractivity contribution in [2.45, 2.75) is 19.8 Å². The zero-order valence-corrected chi connectivity index (χ0v) is 13.6. The Hall–Kier alpha value is -2.54. The van der Waals surface area contributed by atoms with E-state index in [9.17, 15) is 4.79 Å². The van der Waals surface area contributed by atoms with Crippen LogP contribution in [0.1, 0.15) is 26.6 Å². The van der Waals surface area contributed by atoms with E-state index in [0.717, 1.165) is 29.8 Å². The molecule has 1 N–H and O–H groups in total. The van der Waals surface area contributed by atoms with Crippen molar-refractivity contribution in [1.82, 2.24) is 19.7 Å². The third-order valence-electron chi connectivity index (χ3n) is 4.00. The molecule has 0 fully saturated rings. The molecule has 1 amide bonds. The van der Waals surface area contributed by atoms with Crippen molar-refractivity contribution >= 4 is 22.4 Å². The van der Waals surface area contributed by atoms with Gasteiger partial charge in [0.05, 0.1) is 17.5 Å². The SMILES string of the molecule is Cc1ccc(C(=O)Nc2nc3c(s2)CCc2c-3cnn2C)cn1. The molecule has 1 aliphatic rings. The van der Waals surface area contributed by atoms with Crippen molar-refractivity contribution in [3.05, 3.63) is 46.4 Å². The zero-order valence-electron chi connectivity index (χ0n) is 12.8. The Morgan fingerprint density at radius 1 is 1.30 bits per heavy atom. The normalized spacial score (nSPS) is 12.6. The second kappa shape index (κ2) is 5.27. The largest absolute Gasteiger partial charge is 0.298 e. The van der Waals surface area contributed by atoms with E-state index in [0.29, 0.717) is 10.7 Å². The van der Waals surface area contributed by atoms with Crippen LogP contribution in [0.3, 0.4) is 0 Å². The highest BCUT2D eigenvalue weighted by molar-refractivity contribution is 7.16. The van der Waals surface area contributed by atoms with Gasteiger partial charge in [-0.15, -0.1) is 11.3 Å². The first-order chi connectivity index (χ1) is 11.1. The molecule has 0 bridgehead atoms. The number of carbonyl (C=O) groups excluding carboxylic acids is 1. The third kappa shape index (κ3) is 2.43. The molecule has 0 aliphatic heterocycles. The van der Waals surface area contributed by atoms with Gasteiger partial charge >= 0.3 is 0 Å². The van der Waals surface area contributed by atoms with Gasteiger partial charge in [-0.05, 0) is 31.9 Å². The molecule has 23 heavy (non-hydrogen) atoms. The monoisotopic (exact) mass is 325 g/mol. The number of hydrogen-bond donors (Lipinski definition) is 1. The van der Waals surface area contributed by atoms with Crippen molar-refractivity contribution in [3.63, 3.8) is 0 Å². The maximum absolute atomic E-state index is 12.3. The Morgan fingerprint density at radius 3 is 2.96 bits per heavy atom. The maximum atomic E-state index is 12.3. The fourth-order valence-electron chi connectivity index (χ4n) is 2.75. The van der Waals surface area contributed by atoms with Gasteiger partial charge in [0.15, 0.2) is 5.13 Å². The summed E-state index contributed by atoms with van der Waals surface area (Å²) in [7, 11) is 1.95. The van der Waals surface area contributed by atoms with Crippen LogP contribution in [0, 0.1) is 6.92 Å². The van der Waals surface area contributed by atoms with E-state index in [4.69, 9.17) is 0 Å². The number of rotatable bonds is 2. The van der Waals surface area contributed by atoms with Gasteiger partial charge in [-0.1, -0.05) is 0 Å². The lowest BCUT2D eigenvalue weighted by Crippen LogP contribution is -2.12. The van der Waals surface area contributed by atoms with Crippen LogP contribution in [-0.4, -0.2) is 25.7 Å². The Balaban J connectivity index is 1.61. The van der Waals surface area contributed by atoms with Crippen molar-refractivity contribution in [3.8, 4) is 11.3 Å². The van der Waals surface area contributed by atoms with Gasteiger partial charge in [-0.2, -0.15) is 5.10 Å². The lowest BCUT2D eigenvalue weighted by atomic mass is 10.0. The third-order valence-corrected chi connectivity index (χ3v) is 5.03. The predicted octanol–water partition coefficient (Wildman–Crippen LogP) is 2.60. The van der Waals surface area contributed by atoms with Crippen LogP contribution >= 0.6 is 11.3 Å². The zero-order chi connectivity index (χ0) is 16.0. The second-order valence-electron chi connectivity index (χ2n) is 5.56. The Kier molecular flexibility index (Phi) is 3.23. The fraction of sp³-hybridized carbons (Fsp3) is 0.250. The van der Waals surface area contributed by atoms with Crippen LogP contribution in [0.5, 0.6) is 0 Å². The Labute approximate surface area is 137 Å². The van der Waals surface area contributed by atoms with E-state index in [2.05, 4.69) is 20.4 Å². The van der Waals surface area contributed by atoms with Crippen molar-refractivity contribution in [2.75, 3.05) is 5.32 Å². The molecule has 1 aliphatic carbocycles. The number of nitrogens with one attached hydrogen (secondary N) is 1. The summed E-state index contributed by atoms with van der Waals surface area (Å²) in [6, 6.07) is 3.59. The molecule has 3 heterocycles. The lowest BCUT2D eigenvalue weighted by molar-refractivity contribution is 0.102. The number of nitrogens with zero attached hydrogens (tertiary/aromatic N) is 4. The van der Waals surface area contributed by atoms with Crippen molar-refractivity contribution in [1.29, 1.82) is 0 Å². The molecule has 0 atom stereocenters. The minimum absolute atomic E-state index is 0.185. The first-order valence-electron chi connectivity index (χ1n) is 7.37. The number of pyridine rings is 1. The Bertz CT molecular complexity index is 894. The van der Waals surface area contributed by atoms with E-state index in [-0.39, 0.29) is 5.91 Å². The minimum Gasteiger partial charge on any atom is -0.298 e. The quantitative estimate of drug-likeness (QED) is 0.786. The molecule has 3 aromatic rings. The van der Waals surface area contributed by atoms with E-state index in [1.807, 2.05) is 30.9 Å². The van der Waals surface area contributed by atoms with Crippen LogP contribution in [0.15, 0.2) is 24.5 Å². The smallest absolute Gasteiger partial charge is 0.259 e. The van der Waals surface area contributed by atoms with Crippen molar-refractivity contribution in [2.24, 2.45) is 7.05 Å². The maximum Gasteiger partial charge on any atom is 0.259 e. The number of aryl methyl sites for hydroxylation is 3. The average Bonchev–Trinajstić information content (AvgIpc) is 3.11. The fourth-order valence-corrected chi connectivity index (χ4v) is 3.72. The summed E-state index contributed by atoms with van der Waals surface area (Å²) in [5.41, 5.74) is 4.63. The molecule has 0 aromatic carbocycles. The predicted molar refractivity (Wildman–Crippen MR) is 88.7 cm³/mol. The standard InChI is InChI=1S/C16H15N5OS/c1-9-3-4-10(7-17-9)15(22)20-16-19-14-11-8-18-21(2)12(11)5-6-13(14)23-16/h3-4,7-8H,5-6H2,1-2H3,(H,19,20,22). The summed E-state index contributed by atoms with van der Waals surface area (Å²) >= 11 is 1.53. The number of aromatic nitrogens is 4. The minimum atomic E-state index is -0.185. The van der Waals surface area contributed by atoms with E-state index < -0.39 is 0 Å². The summed E-state index contributed by atoms with van der Waals surface area (Å²) < 4.78 is 1.90. The molecule has 3 aromatic heterocycles. The van der Waals surface area contributed by atoms with Crippen LogP contribution in [0.2, 0.25) is 0 Å². The van der Waals surface area contributed by atoms with Gasteiger partial charge < -0.3 is 0 Å².